The van der Waals surface area contributed by atoms with Crippen LogP contribution in [0.3, 0.4) is 0 Å². The maximum absolute atomic E-state index is 12.1. The maximum Gasteiger partial charge on any atom is 0.287 e. The number of rotatable bonds is 4. The number of hydrogen-bond donors (Lipinski definition) is 1. The highest BCUT2D eigenvalue weighted by Gasteiger charge is 2.13. The molecule has 1 aromatic heterocycles. The van der Waals surface area contributed by atoms with Gasteiger partial charge in [0.2, 0.25) is 0 Å². The summed E-state index contributed by atoms with van der Waals surface area (Å²) in [6.07, 6.45) is 0. The minimum atomic E-state index is -0.172. The molecule has 0 unspecified atom stereocenters. The number of carbonyl (C=O) groups excluding carboxylic acids is 1. The summed E-state index contributed by atoms with van der Waals surface area (Å²) in [5.41, 5.74) is 1.95. The van der Waals surface area contributed by atoms with Crippen LogP contribution in [-0.4, -0.2) is 12.5 Å². The van der Waals surface area contributed by atoms with E-state index in [1.165, 1.54) is 5.56 Å². The predicted molar refractivity (Wildman–Crippen MR) is 83.4 cm³/mol. The Labute approximate surface area is 123 Å². The molecular weight excluding hydrogens is 262 g/mol. The first-order valence-electron chi connectivity index (χ1n) is 7.06. The van der Waals surface area contributed by atoms with Crippen LogP contribution < -0.4 is 5.32 Å². The van der Waals surface area contributed by atoms with Crippen molar-refractivity contribution >= 4 is 16.9 Å². The van der Waals surface area contributed by atoms with Crippen molar-refractivity contribution in [1.29, 1.82) is 0 Å². The Hall–Kier alpha value is -2.55. The number of amides is 1. The van der Waals surface area contributed by atoms with E-state index in [0.29, 0.717) is 12.3 Å². The van der Waals surface area contributed by atoms with Crippen LogP contribution in [0, 0.1) is 0 Å². The van der Waals surface area contributed by atoms with E-state index >= 15 is 0 Å². The van der Waals surface area contributed by atoms with E-state index in [0.717, 1.165) is 11.0 Å². The highest BCUT2D eigenvalue weighted by molar-refractivity contribution is 5.96. The van der Waals surface area contributed by atoms with Crippen LogP contribution in [-0.2, 0) is 0 Å². The Balaban J connectivity index is 1.66. The van der Waals surface area contributed by atoms with Gasteiger partial charge >= 0.3 is 0 Å². The van der Waals surface area contributed by atoms with Gasteiger partial charge in [-0.15, -0.1) is 0 Å². The summed E-state index contributed by atoms with van der Waals surface area (Å²) in [5.74, 6) is 0.449. The second kappa shape index (κ2) is 5.83. The highest BCUT2D eigenvalue weighted by atomic mass is 16.3. The van der Waals surface area contributed by atoms with Gasteiger partial charge in [0, 0.05) is 11.9 Å². The SMILES string of the molecule is C[C@@H](CNC(=O)c1cc2ccccc2o1)c1ccccc1. The van der Waals surface area contributed by atoms with Gasteiger partial charge in [-0.25, -0.2) is 0 Å². The monoisotopic (exact) mass is 279 g/mol. The van der Waals surface area contributed by atoms with Crippen molar-refractivity contribution in [3.05, 3.63) is 72.0 Å². The first-order valence-corrected chi connectivity index (χ1v) is 7.06. The summed E-state index contributed by atoms with van der Waals surface area (Å²) in [6, 6.07) is 19.5. The Morgan fingerprint density at radius 1 is 1.10 bits per heavy atom. The van der Waals surface area contributed by atoms with Crippen molar-refractivity contribution in [3.8, 4) is 0 Å². The molecule has 0 spiro atoms. The predicted octanol–water partition coefficient (Wildman–Crippen LogP) is 3.97. The molecule has 3 rings (SSSR count). The van der Waals surface area contributed by atoms with Gasteiger partial charge in [0.25, 0.3) is 5.91 Å². The molecule has 1 N–H and O–H groups in total. The van der Waals surface area contributed by atoms with Crippen molar-refractivity contribution in [1.82, 2.24) is 5.32 Å². The molecule has 0 fully saturated rings. The highest BCUT2D eigenvalue weighted by Crippen LogP contribution is 2.19. The van der Waals surface area contributed by atoms with Crippen LogP contribution >= 0.6 is 0 Å². The van der Waals surface area contributed by atoms with Crippen LogP contribution in [0.15, 0.2) is 65.1 Å². The largest absolute Gasteiger partial charge is 0.451 e. The molecule has 106 valence electrons. The molecule has 0 saturated carbocycles. The molecule has 0 aliphatic heterocycles. The zero-order valence-corrected chi connectivity index (χ0v) is 11.9. The summed E-state index contributed by atoms with van der Waals surface area (Å²) in [6.45, 7) is 2.67. The summed E-state index contributed by atoms with van der Waals surface area (Å²) >= 11 is 0. The molecule has 1 amide bonds. The molecule has 3 heteroatoms. The van der Waals surface area contributed by atoms with Crippen LogP contribution in [0.1, 0.15) is 29.0 Å². The number of benzene rings is 2. The quantitative estimate of drug-likeness (QED) is 0.785. The molecule has 3 nitrogen and oxygen atoms in total. The third-order valence-electron chi connectivity index (χ3n) is 3.59. The average molecular weight is 279 g/mol. The summed E-state index contributed by atoms with van der Waals surface area (Å²) < 4.78 is 5.56. The summed E-state index contributed by atoms with van der Waals surface area (Å²) in [7, 11) is 0. The number of fused-ring (bicyclic) bond motifs is 1. The number of nitrogens with one attached hydrogen (secondary N) is 1. The Morgan fingerprint density at radius 2 is 1.81 bits per heavy atom. The van der Waals surface area contributed by atoms with E-state index in [1.54, 1.807) is 6.07 Å². The van der Waals surface area contributed by atoms with E-state index in [4.69, 9.17) is 4.42 Å². The topological polar surface area (TPSA) is 42.2 Å². The normalized spacial score (nSPS) is 12.2. The minimum absolute atomic E-state index is 0.172. The van der Waals surface area contributed by atoms with E-state index in [2.05, 4.69) is 24.4 Å². The van der Waals surface area contributed by atoms with Crippen LogP contribution in [0.5, 0.6) is 0 Å². The van der Waals surface area contributed by atoms with Crippen LogP contribution in [0.4, 0.5) is 0 Å². The molecule has 0 bridgehead atoms. The smallest absolute Gasteiger partial charge is 0.287 e. The fraction of sp³-hybridized carbons (Fsp3) is 0.167. The molecule has 0 aliphatic rings. The van der Waals surface area contributed by atoms with Gasteiger partial charge in [-0.05, 0) is 23.6 Å². The van der Waals surface area contributed by atoms with Crippen LogP contribution in [0.25, 0.3) is 11.0 Å². The van der Waals surface area contributed by atoms with Gasteiger partial charge in [0.15, 0.2) is 5.76 Å². The van der Waals surface area contributed by atoms with Crippen LogP contribution in [0.2, 0.25) is 0 Å². The minimum Gasteiger partial charge on any atom is -0.451 e. The molecular formula is C18H17NO2. The fourth-order valence-electron chi connectivity index (χ4n) is 2.33. The molecule has 0 saturated heterocycles. The first-order chi connectivity index (χ1) is 10.2. The average Bonchev–Trinajstić information content (AvgIpc) is 2.97. The Morgan fingerprint density at radius 3 is 2.57 bits per heavy atom. The second-order valence-corrected chi connectivity index (χ2v) is 5.17. The third-order valence-corrected chi connectivity index (χ3v) is 3.59. The van der Waals surface area contributed by atoms with Crippen molar-refractivity contribution < 1.29 is 9.21 Å². The lowest BCUT2D eigenvalue weighted by Crippen LogP contribution is -2.27. The van der Waals surface area contributed by atoms with E-state index in [1.807, 2.05) is 42.5 Å². The molecule has 1 atom stereocenters. The van der Waals surface area contributed by atoms with Crippen molar-refractivity contribution in [2.24, 2.45) is 0 Å². The Bertz CT molecular complexity index is 713. The Kier molecular flexibility index (Phi) is 3.73. The first kappa shape index (κ1) is 13.4. The number of furan rings is 1. The number of para-hydroxylation sites is 1. The van der Waals surface area contributed by atoms with Gasteiger partial charge in [-0.1, -0.05) is 55.5 Å². The van der Waals surface area contributed by atoms with Crippen molar-refractivity contribution in [2.45, 2.75) is 12.8 Å². The molecule has 1 heterocycles. The summed E-state index contributed by atoms with van der Waals surface area (Å²) in [5, 5.41) is 3.87. The molecule has 0 radical (unpaired) electrons. The van der Waals surface area contributed by atoms with Crippen molar-refractivity contribution in [2.75, 3.05) is 6.54 Å². The number of carbonyl (C=O) groups is 1. The van der Waals surface area contributed by atoms with Gasteiger partial charge in [-0.3, -0.25) is 4.79 Å². The van der Waals surface area contributed by atoms with Gasteiger partial charge in [-0.2, -0.15) is 0 Å². The van der Waals surface area contributed by atoms with E-state index in [-0.39, 0.29) is 11.8 Å². The summed E-state index contributed by atoms with van der Waals surface area (Å²) in [4.78, 5) is 12.1. The lowest BCUT2D eigenvalue weighted by atomic mass is 10.0. The fourth-order valence-corrected chi connectivity index (χ4v) is 2.33. The molecule has 2 aromatic carbocycles. The third kappa shape index (κ3) is 2.97. The van der Waals surface area contributed by atoms with Gasteiger partial charge in [0.05, 0.1) is 0 Å². The lowest BCUT2D eigenvalue weighted by Gasteiger charge is -2.12. The standard InChI is InChI=1S/C18H17NO2/c1-13(14-7-3-2-4-8-14)12-19-18(20)17-11-15-9-5-6-10-16(15)21-17/h2-11,13H,12H2,1H3,(H,19,20)/t13-/m0/s1. The number of hydrogen-bond acceptors (Lipinski definition) is 2. The van der Waals surface area contributed by atoms with E-state index in [9.17, 15) is 4.79 Å². The van der Waals surface area contributed by atoms with Crippen molar-refractivity contribution in [3.63, 3.8) is 0 Å². The van der Waals surface area contributed by atoms with Gasteiger partial charge in [0.1, 0.15) is 5.58 Å². The molecule has 3 aromatic rings. The lowest BCUT2D eigenvalue weighted by molar-refractivity contribution is 0.0926. The second-order valence-electron chi connectivity index (χ2n) is 5.17. The maximum atomic E-state index is 12.1. The molecule has 0 aliphatic carbocycles. The zero-order valence-electron chi connectivity index (χ0n) is 11.9. The van der Waals surface area contributed by atoms with E-state index < -0.39 is 0 Å². The zero-order chi connectivity index (χ0) is 14.7. The molecule has 21 heavy (non-hydrogen) atoms. The van der Waals surface area contributed by atoms with Gasteiger partial charge < -0.3 is 9.73 Å².